The molecule has 21 heavy (non-hydrogen) atoms. The number of fused-ring (bicyclic) bond motifs is 1. The number of esters is 1. The first kappa shape index (κ1) is 15.3. The Morgan fingerprint density at radius 3 is 2.71 bits per heavy atom. The molecule has 0 heterocycles. The van der Waals surface area contributed by atoms with Crippen LogP contribution >= 0.6 is 0 Å². The van der Waals surface area contributed by atoms with Gasteiger partial charge in [-0.1, -0.05) is 62.9 Å². The van der Waals surface area contributed by atoms with Crippen LogP contribution in [0, 0.1) is 5.92 Å². The number of hydrogen-bond acceptors (Lipinski definition) is 2. The summed E-state index contributed by atoms with van der Waals surface area (Å²) in [4.78, 5) is 11.8. The molecule has 1 aromatic carbocycles. The minimum absolute atomic E-state index is 0.0908. The van der Waals surface area contributed by atoms with Crippen molar-refractivity contribution >= 4 is 11.5 Å². The van der Waals surface area contributed by atoms with Gasteiger partial charge < -0.3 is 4.74 Å². The average Bonchev–Trinajstić information content (AvgIpc) is 2.78. The molecule has 1 aromatic rings. The van der Waals surface area contributed by atoms with Gasteiger partial charge in [-0.2, -0.15) is 0 Å². The maximum atomic E-state index is 11.8. The highest BCUT2D eigenvalue weighted by atomic mass is 16.5. The van der Waals surface area contributed by atoms with Crippen LogP contribution in [0.1, 0.15) is 37.8 Å². The zero-order valence-electron chi connectivity index (χ0n) is 12.9. The Bertz CT molecular complexity index is 606. The van der Waals surface area contributed by atoms with Crippen molar-refractivity contribution in [2.45, 2.75) is 26.7 Å². The molecule has 1 atom stereocenters. The highest BCUT2D eigenvalue weighted by Crippen LogP contribution is 2.43. The Morgan fingerprint density at radius 1 is 1.38 bits per heavy atom. The van der Waals surface area contributed by atoms with Crippen LogP contribution in [-0.2, 0) is 9.53 Å². The summed E-state index contributed by atoms with van der Waals surface area (Å²) in [5.41, 5.74) is 4.70. The van der Waals surface area contributed by atoms with Crippen LogP contribution in [0.15, 0.2) is 54.6 Å². The van der Waals surface area contributed by atoms with Gasteiger partial charge in [-0.15, -0.1) is 0 Å². The van der Waals surface area contributed by atoms with Crippen LogP contribution in [0.2, 0.25) is 0 Å². The summed E-state index contributed by atoms with van der Waals surface area (Å²) in [6, 6.07) is 8.25. The zero-order valence-corrected chi connectivity index (χ0v) is 12.9. The van der Waals surface area contributed by atoms with E-state index in [4.69, 9.17) is 4.74 Å². The van der Waals surface area contributed by atoms with E-state index in [0.29, 0.717) is 6.61 Å². The minimum Gasteiger partial charge on any atom is -0.464 e. The molecule has 0 amide bonds. The van der Waals surface area contributed by atoms with Crippen molar-refractivity contribution in [3.8, 4) is 0 Å². The van der Waals surface area contributed by atoms with Gasteiger partial charge in [-0.05, 0) is 29.2 Å². The van der Waals surface area contributed by atoms with Gasteiger partial charge in [0.1, 0.15) is 6.61 Å². The van der Waals surface area contributed by atoms with Gasteiger partial charge in [0.05, 0.1) is 5.92 Å². The fourth-order valence-corrected chi connectivity index (χ4v) is 2.68. The molecule has 1 aliphatic rings. The Balaban J connectivity index is 2.35. The summed E-state index contributed by atoms with van der Waals surface area (Å²) in [6.45, 7) is 10.0. The SMILES string of the molecule is C=CC1=C(/C=C\C)C(COC(=O)C(C)C)c2ccccc21. The smallest absolute Gasteiger partial charge is 0.308 e. The second-order valence-electron chi connectivity index (χ2n) is 5.50. The van der Waals surface area contributed by atoms with E-state index in [1.165, 1.54) is 16.7 Å². The molecule has 0 saturated carbocycles. The molecule has 0 aliphatic heterocycles. The Hall–Kier alpha value is -2.09. The number of allylic oxidation sites excluding steroid dienone is 4. The predicted octanol–water partition coefficient (Wildman–Crippen LogP) is 4.50. The maximum absolute atomic E-state index is 11.8. The monoisotopic (exact) mass is 282 g/mol. The number of carbonyl (C=O) groups is 1. The molecule has 110 valence electrons. The predicted molar refractivity (Wildman–Crippen MR) is 86.9 cm³/mol. The van der Waals surface area contributed by atoms with E-state index in [-0.39, 0.29) is 17.8 Å². The summed E-state index contributed by atoms with van der Waals surface area (Å²) >= 11 is 0. The van der Waals surface area contributed by atoms with E-state index in [1.807, 2.05) is 45.1 Å². The molecule has 0 radical (unpaired) electrons. The summed E-state index contributed by atoms with van der Waals surface area (Å²) in [5.74, 6) is -0.165. The highest BCUT2D eigenvalue weighted by molar-refractivity contribution is 5.86. The fraction of sp³-hybridized carbons (Fsp3) is 0.316. The lowest BCUT2D eigenvalue weighted by molar-refractivity contribution is -0.147. The first-order valence-corrected chi connectivity index (χ1v) is 7.35. The second kappa shape index (κ2) is 6.57. The van der Waals surface area contributed by atoms with E-state index >= 15 is 0 Å². The molecule has 2 rings (SSSR count). The van der Waals surface area contributed by atoms with Crippen LogP contribution in [-0.4, -0.2) is 12.6 Å². The Morgan fingerprint density at radius 2 is 2.10 bits per heavy atom. The fourth-order valence-electron chi connectivity index (χ4n) is 2.68. The van der Waals surface area contributed by atoms with Crippen molar-refractivity contribution in [3.63, 3.8) is 0 Å². The number of benzene rings is 1. The van der Waals surface area contributed by atoms with E-state index in [9.17, 15) is 4.79 Å². The van der Waals surface area contributed by atoms with E-state index in [0.717, 1.165) is 5.57 Å². The van der Waals surface area contributed by atoms with Crippen molar-refractivity contribution in [3.05, 3.63) is 65.8 Å². The lowest BCUT2D eigenvalue weighted by atomic mass is 9.96. The molecule has 0 bridgehead atoms. The number of hydrogen-bond donors (Lipinski definition) is 0. The van der Waals surface area contributed by atoms with Crippen molar-refractivity contribution < 1.29 is 9.53 Å². The first-order valence-electron chi connectivity index (χ1n) is 7.35. The number of carbonyl (C=O) groups excluding carboxylic acids is 1. The lowest BCUT2D eigenvalue weighted by Crippen LogP contribution is -2.16. The molecule has 2 nitrogen and oxygen atoms in total. The third-order valence-corrected chi connectivity index (χ3v) is 3.73. The summed E-state index contributed by atoms with van der Waals surface area (Å²) in [5, 5.41) is 0. The third kappa shape index (κ3) is 2.99. The normalized spacial score (nSPS) is 17.4. The molecular weight excluding hydrogens is 260 g/mol. The molecule has 0 saturated heterocycles. The molecule has 0 fully saturated rings. The first-order chi connectivity index (χ1) is 10.1. The van der Waals surface area contributed by atoms with E-state index in [1.54, 1.807) is 0 Å². The quantitative estimate of drug-likeness (QED) is 0.743. The van der Waals surface area contributed by atoms with Gasteiger partial charge in [0.2, 0.25) is 0 Å². The highest BCUT2D eigenvalue weighted by Gasteiger charge is 2.29. The van der Waals surface area contributed by atoms with Crippen molar-refractivity contribution in [1.29, 1.82) is 0 Å². The van der Waals surface area contributed by atoms with Crippen LogP contribution < -0.4 is 0 Å². The summed E-state index contributed by atoms with van der Waals surface area (Å²) in [7, 11) is 0. The van der Waals surface area contributed by atoms with Crippen molar-refractivity contribution in [2.75, 3.05) is 6.61 Å². The molecule has 2 heteroatoms. The van der Waals surface area contributed by atoms with Gasteiger partial charge >= 0.3 is 5.97 Å². The maximum Gasteiger partial charge on any atom is 0.308 e. The van der Waals surface area contributed by atoms with Crippen LogP contribution in [0.3, 0.4) is 0 Å². The summed E-state index contributed by atoms with van der Waals surface area (Å²) < 4.78 is 5.47. The lowest BCUT2D eigenvalue weighted by Gasteiger charge is -2.16. The molecule has 0 aromatic heterocycles. The average molecular weight is 282 g/mol. The minimum atomic E-state index is -0.153. The van der Waals surface area contributed by atoms with Crippen LogP contribution in [0.5, 0.6) is 0 Å². The molecule has 0 spiro atoms. The van der Waals surface area contributed by atoms with E-state index in [2.05, 4.69) is 24.8 Å². The van der Waals surface area contributed by atoms with Crippen LogP contribution in [0.4, 0.5) is 0 Å². The largest absolute Gasteiger partial charge is 0.464 e. The Kier molecular flexibility index (Phi) is 4.79. The second-order valence-corrected chi connectivity index (χ2v) is 5.50. The van der Waals surface area contributed by atoms with Crippen LogP contribution in [0.25, 0.3) is 5.57 Å². The number of ether oxygens (including phenoxy) is 1. The van der Waals surface area contributed by atoms with Crippen molar-refractivity contribution in [2.24, 2.45) is 5.92 Å². The van der Waals surface area contributed by atoms with Gasteiger partial charge in [0, 0.05) is 5.92 Å². The zero-order chi connectivity index (χ0) is 15.4. The third-order valence-electron chi connectivity index (χ3n) is 3.73. The van der Waals surface area contributed by atoms with Gasteiger partial charge in [0.15, 0.2) is 0 Å². The topological polar surface area (TPSA) is 26.3 Å². The van der Waals surface area contributed by atoms with Gasteiger partial charge in [-0.3, -0.25) is 4.79 Å². The van der Waals surface area contributed by atoms with Gasteiger partial charge in [-0.25, -0.2) is 0 Å². The van der Waals surface area contributed by atoms with Gasteiger partial charge in [0.25, 0.3) is 0 Å². The van der Waals surface area contributed by atoms with Crippen molar-refractivity contribution in [1.82, 2.24) is 0 Å². The molecular formula is C19H22O2. The number of rotatable bonds is 5. The molecule has 0 N–H and O–H groups in total. The molecule has 1 unspecified atom stereocenters. The van der Waals surface area contributed by atoms with E-state index < -0.39 is 0 Å². The standard InChI is InChI=1S/C19H22O2/c1-5-9-15-14(6-2)16-10-7-8-11-17(16)18(15)12-21-19(20)13(3)4/h5-11,13,18H,2,12H2,1,3-4H3/b9-5-. The molecule has 1 aliphatic carbocycles. The summed E-state index contributed by atoms with van der Waals surface area (Å²) in [6.07, 6.45) is 5.99. The Labute approximate surface area is 126 Å².